The quantitative estimate of drug-likeness (QED) is 0.145. The Morgan fingerprint density at radius 3 is 1.53 bits per heavy atom. The molecule has 0 radical (unpaired) electrons. The highest BCUT2D eigenvalue weighted by molar-refractivity contribution is 7.04. The van der Waals surface area contributed by atoms with Gasteiger partial charge in [0.15, 0.2) is 0 Å². The highest BCUT2D eigenvalue weighted by atomic mass is 28.3. The van der Waals surface area contributed by atoms with Crippen molar-refractivity contribution in [2.45, 2.75) is 64.5 Å². The smallest absolute Gasteiger partial charge is 0.114 e. The molecule has 0 spiro atoms. The SMILES string of the molecule is CC1(C)CCC(C)(C)c2c(-c3ccc(N(c4ccc(-c5cccc6c5[Si](C)(C)c5ccccc5-6)cc4)c4ccc(-c5ccccc5)c(-c5ccccc5)c4)cc3)cccc21. The van der Waals surface area contributed by atoms with E-state index in [9.17, 15) is 0 Å². The third-order valence-electron chi connectivity index (χ3n) is 13.7. The van der Waals surface area contributed by atoms with E-state index < -0.39 is 8.07 Å². The lowest BCUT2D eigenvalue weighted by Gasteiger charge is -2.43. The normalized spacial score (nSPS) is 15.4. The Bertz CT molecular complexity index is 2870. The molecule has 1 heterocycles. The first-order valence-corrected chi connectivity index (χ1v) is 24.6. The van der Waals surface area contributed by atoms with E-state index in [0.29, 0.717) is 0 Å². The molecule has 294 valence electrons. The minimum absolute atomic E-state index is 0.113. The van der Waals surface area contributed by atoms with Crippen molar-refractivity contribution in [3.63, 3.8) is 0 Å². The van der Waals surface area contributed by atoms with Gasteiger partial charge in [0.25, 0.3) is 0 Å². The standard InChI is InChI=1S/C58H53NSi/c1-57(2)37-38-58(3,4)55-48(22-16-25-53(55)57)42-27-31-44(32-28-42)59(46-35-36-47(40-17-9-7-10-18-40)52(39-46)41-19-11-8-12-20-41)45-33-29-43(30-34-45)49-23-15-24-51-50-21-13-14-26-54(50)60(5,6)56(49)51/h7-36,39H,37-38H2,1-6H3. The summed E-state index contributed by atoms with van der Waals surface area (Å²) in [5.41, 5.74) is 19.6. The summed E-state index contributed by atoms with van der Waals surface area (Å²) in [7, 11) is -1.89. The van der Waals surface area contributed by atoms with E-state index >= 15 is 0 Å². The zero-order valence-electron chi connectivity index (χ0n) is 35.8. The van der Waals surface area contributed by atoms with Gasteiger partial charge in [0.05, 0.1) is 0 Å². The number of rotatable bonds is 7. The molecule has 1 nitrogen and oxygen atoms in total. The summed E-state index contributed by atoms with van der Waals surface area (Å²) in [6, 6.07) is 70.2. The van der Waals surface area contributed by atoms with Crippen molar-refractivity contribution < 1.29 is 0 Å². The molecule has 8 aromatic carbocycles. The van der Waals surface area contributed by atoms with Gasteiger partial charge in [-0.1, -0.05) is 192 Å². The largest absolute Gasteiger partial charge is 0.310 e. The van der Waals surface area contributed by atoms with Gasteiger partial charge in [0.2, 0.25) is 0 Å². The molecule has 1 aliphatic carbocycles. The summed E-state index contributed by atoms with van der Waals surface area (Å²) in [5.74, 6) is 0. The van der Waals surface area contributed by atoms with Crippen molar-refractivity contribution in [1.29, 1.82) is 0 Å². The van der Waals surface area contributed by atoms with Gasteiger partial charge >= 0.3 is 0 Å². The summed E-state index contributed by atoms with van der Waals surface area (Å²) in [6.07, 6.45) is 2.39. The lowest BCUT2D eigenvalue weighted by molar-refractivity contribution is 0.333. The van der Waals surface area contributed by atoms with Gasteiger partial charge in [-0.05, 0) is 137 Å². The lowest BCUT2D eigenvalue weighted by atomic mass is 9.61. The average molecular weight is 792 g/mol. The predicted octanol–water partition coefficient (Wildman–Crippen LogP) is 15.0. The second-order valence-corrected chi connectivity index (χ2v) is 23.1. The van der Waals surface area contributed by atoms with Crippen molar-refractivity contribution in [1.82, 2.24) is 0 Å². The fraction of sp³-hybridized carbons (Fsp3) is 0.172. The minimum atomic E-state index is -1.89. The van der Waals surface area contributed by atoms with Crippen LogP contribution >= 0.6 is 0 Å². The Kier molecular flexibility index (Phi) is 9.19. The molecule has 0 saturated heterocycles. The van der Waals surface area contributed by atoms with Crippen molar-refractivity contribution in [3.8, 4) is 55.6 Å². The predicted molar refractivity (Wildman–Crippen MR) is 260 cm³/mol. The van der Waals surface area contributed by atoms with Gasteiger partial charge in [-0.25, -0.2) is 0 Å². The molecular formula is C58H53NSi. The molecule has 10 rings (SSSR count). The van der Waals surface area contributed by atoms with Crippen LogP contribution in [0.25, 0.3) is 55.6 Å². The van der Waals surface area contributed by atoms with Crippen LogP contribution in [0.5, 0.6) is 0 Å². The Morgan fingerprint density at radius 1 is 0.383 bits per heavy atom. The minimum Gasteiger partial charge on any atom is -0.310 e. The Morgan fingerprint density at radius 2 is 0.867 bits per heavy atom. The first-order chi connectivity index (χ1) is 29.0. The van der Waals surface area contributed by atoms with E-state index in [1.807, 2.05) is 0 Å². The molecule has 0 saturated carbocycles. The summed E-state index contributed by atoms with van der Waals surface area (Å²) in [5, 5.41) is 3.08. The molecule has 0 amide bonds. The molecular weight excluding hydrogens is 739 g/mol. The van der Waals surface area contributed by atoms with E-state index in [2.05, 4.69) is 234 Å². The van der Waals surface area contributed by atoms with Crippen LogP contribution in [-0.4, -0.2) is 8.07 Å². The molecule has 0 unspecified atom stereocenters. The van der Waals surface area contributed by atoms with Gasteiger partial charge in [0.1, 0.15) is 8.07 Å². The molecule has 0 atom stereocenters. The van der Waals surface area contributed by atoms with Crippen LogP contribution in [0.15, 0.2) is 188 Å². The second kappa shape index (κ2) is 14.5. The maximum absolute atomic E-state index is 2.51. The highest BCUT2D eigenvalue weighted by Gasteiger charge is 2.40. The van der Waals surface area contributed by atoms with Crippen LogP contribution in [0.2, 0.25) is 13.1 Å². The number of benzene rings is 8. The van der Waals surface area contributed by atoms with Gasteiger partial charge in [-0.2, -0.15) is 0 Å². The number of hydrogen-bond donors (Lipinski definition) is 0. The van der Waals surface area contributed by atoms with E-state index in [4.69, 9.17) is 0 Å². The average Bonchev–Trinajstić information content (AvgIpc) is 3.52. The molecule has 0 bridgehead atoms. The summed E-state index contributed by atoms with van der Waals surface area (Å²) >= 11 is 0. The zero-order chi connectivity index (χ0) is 41.2. The summed E-state index contributed by atoms with van der Waals surface area (Å²) in [6.45, 7) is 14.7. The van der Waals surface area contributed by atoms with E-state index in [1.54, 1.807) is 5.19 Å². The number of fused-ring (bicyclic) bond motifs is 4. The summed E-state index contributed by atoms with van der Waals surface area (Å²) < 4.78 is 0. The number of hydrogen-bond acceptors (Lipinski definition) is 1. The van der Waals surface area contributed by atoms with Gasteiger partial charge in [-0.3, -0.25) is 0 Å². The second-order valence-electron chi connectivity index (χ2n) is 18.8. The maximum atomic E-state index is 2.51. The van der Waals surface area contributed by atoms with Gasteiger partial charge in [0, 0.05) is 17.1 Å². The molecule has 2 heteroatoms. The van der Waals surface area contributed by atoms with Crippen LogP contribution in [0.4, 0.5) is 17.1 Å². The van der Waals surface area contributed by atoms with E-state index in [0.717, 1.165) is 17.1 Å². The number of nitrogens with zero attached hydrogens (tertiary/aromatic N) is 1. The Hall–Kier alpha value is -6.22. The zero-order valence-corrected chi connectivity index (χ0v) is 36.8. The number of anilines is 3. The van der Waals surface area contributed by atoms with Crippen molar-refractivity contribution in [2.24, 2.45) is 0 Å². The van der Waals surface area contributed by atoms with Crippen LogP contribution in [0.1, 0.15) is 51.7 Å². The third-order valence-corrected chi connectivity index (χ3v) is 17.3. The van der Waals surface area contributed by atoms with E-state index in [-0.39, 0.29) is 10.8 Å². The van der Waals surface area contributed by atoms with Crippen molar-refractivity contribution in [2.75, 3.05) is 4.90 Å². The molecule has 2 aliphatic rings. The van der Waals surface area contributed by atoms with Crippen LogP contribution < -0.4 is 15.3 Å². The highest BCUT2D eigenvalue weighted by Crippen LogP contribution is 2.50. The van der Waals surface area contributed by atoms with Crippen LogP contribution in [-0.2, 0) is 10.8 Å². The fourth-order valence-electron chi connectivity index (χ4n) is 10.5. The van der Waals surface area contributed by atoms with Crippen LogP contribution in [0.3, 0.4) is 0 Å². The fourth-order valence-corrected chi connectivity index (χ4v) is 13.9. The molecule has 0 N–H and O–H groups in total. The Balaban J connectivity index is 1.11. The summed E-state index contributed by atoms with van der Waals surface area (Å²) in [4.78, 5) is 2.44. The van der Waals surface area contributed by atoms with Gasteiger partial charge < -0.3 is 4.90 Å². The van der Waals surface area contributed by atoms with Gasteiger partial charge in [-0.15, -0.1) is 0 Å². The lowest BCUT2D eigenvalue weighted by Crippen LogP contribution is -2.50. The monoisotopic (exact) mass is 791 g/mol. The molecule has 60 heavy (non-hydrogen) atoms. The van der Waals surface area contributed by atoms with Crippen molar-refractivity contribution in [3.05, 3.63) is 199 Å². The maximum Gasteiger partial charge on any atom is 0.114 e. The molecule has 0 aromatic heterocycles. The van der Waals surface area contributed by atoms with Crippen molar-refractivity contribution >= 4 is 35.5 Å². The molecule has 0 fully saturated rings. The van der Waals surface area contributed by atoms with E-state index in [1.165, 1.54) is 84.8 Å². The first kappa shape index (κ1) is 38.0. The van der Waals surface area contributed by atoms with Crippen LogP contribution in [0, 0.1) is 0 Å². The molecule has 1 aliphatic heterocycles. The Labute approximate surface area is 358 Å². The third kappa shape index (κ3) is 6.37. The first-order valence-electron chi connectivity index (χ1n) is 21.6. The topological polar surface area (TPSA) is 3.24 Å². The molecule has 8 aromatic rings.